The minimum atomic E-state index is -0.618. The molecule has 0 bridgehead atoms. The van der Waals surface area contributed by atoms with Crippen LogP contribution in [0, 0.1) is 0 Å². The molecule has 3 heteroatoms. The minimum absolute atomic E-state index is 0.618. The standard InChI is InChI=1S/C12H16BrNO.C2H6/c1-14-8-6-12(15,7-9-14)10-2-4-11(13)5-3-10;1-2/h2-5,15H,6-9H2,1H3;1-2H3. The van der Waals surface area contributed by atoms with Gasteiger partial charge in [0, 0.05) is 17.6 Å². The fraction of sp³-hybridized carbons (Fsp3) is 0.571. The van der Waals surface area contributed by atoms with Gasteiger partial charge in [-0.15, -0.1) is 0 Å². The first-order valence-corrected chi connectivity index (χ1v) is 7.06. The van der Waals surface area contributed by atoms with Crippen molar-refractivity contribution in [1.82, 2.24) is 4.90 Å². The minimum Gasteiger partial charge on any atom is -0.385 e. The van der Waals surface area contributed by atoms with Gasteiger partial charge in [0.1, 0.15) is 0 Å². The SMILES string of the molecule is CC.CN1CCC(O)(c2ccc(Br)cc2)CC1. The molecule has 1 N–H and O–H groups in total. The summed E-state index contributed by atoms with van der Waals surface area (Å²) >= 11 is 3.41. The van der Waals surface area contributed by atoms with Crippen LogP contribution < -0.4 is 0 Å². The molecule has 0 aliphatic carbocycles. The molecule has 1 aliphatic heterocycles. The molecule has 0 saturated carbocycles. The lowest BCUT2D eigenvalue weighted by atomic mass is 9.85. The highest BCUT2D eigenvalue weighted by Crippen LogP contribution is 2.32. The van der Waals surface area contributed by atoms with Crippen LogP contribution in [0.2, 0.25) is 0 Å². The van der Waals surface area contributed by atoms with E-state index in [9.17, 15) is 5.11 Å². The molecule has 1 aromatic rings. The Bertz CT molecular complexity index is 329. The third-order valence-electron chi connectivity index (χ3n) is 3.20. The number of likely N-dealkylation sites (tertiary alicyclic amines) is 1. The van der Waals surface area contributed by atoms with Crippen LogP contribution in [0.1, 0.15) is 32.3 Å². The van der Waals surface area contributed by atoms with E-state index in [1.807, 2.05) is 38.1 Å². The number of halogens is 1. The van der Waals surface area contributed by atoms with E-state index in [2.05, 4.69) is 27.9 Å². The maximum absolute atomic E-state index is 10.5. The Labute approximate surface area is 113 Å². The van der Waals surface area contributed by atoms with E-state index in [1.165, 1.54) is 0 Å². The Morgan fingerprint density at radius 2 is 1.59 bits per heavy atom. The first kappa shape index (κ1) is 14.7. The summed E-state index contributed by atoms with van der Waals surface area (Å²) in [6.45, 7) is 5.93. The van der Waals surface area contributed by atoms with Gasteiger partial charge < -0.3 is 10.0 Å². The second-order valence-corrected chi connectivity index (χ2v) is 5.26. The van der Waals surface area contributed by atoms with Crippen LogP contribution in [0.4, 0.5) is 0 Å². The lowest BCUT2D eigenvalue weighted by Gasteiger charge is -2.36. The van der Waals surface area contributed by atoms with Crippen molar-refractivity contribution in [1.29, 1.82) is 0 Å². The molecule has 1 heterocycles. The van der Waals surface area contributed by atoms with Gasteiger partial charge in [0.25, 0.3) is 0 Å². The summed E-state index contributed by atoms with van der Waals surface area (Å²) in [4.78, 5) is 2.26. The lowest BCUT2D eigenvalue weighted by Crippen LogP contribution is -2.40. The van der Waals surface area contributed by atoms with Gasteiger partial charge in [0.05, 0.1) is 5.60 Å². The van der Waals surface area contributed by atoms with Crippen LogP contribution in [-0.4, -0.2) is 30.1 Å². The molecular formula is C14H22BrNO. The van der Waals surface area contributed by atoms with Crippen LogP contribution in [0.3, 0.4) is 0 Å². The number of hydrogen-bond donors (Lipinski definition) is 1. The normalized spacial score (nSPS) is 19.4. The highest BCUT2D eigenvalue weighted by molar-refractivity contribution is 9.10. The number of piperidine rings is 1. The lowest BCUT2D eigenvalue weighted by molar-refractivity contribution is -0.0203. The summed E-state index contributed by atoms with van der Waals surface area (Å²) < 4.78 is 1.06. The third-order valence-corrected chi connectivity index (χ3v) is 3.72. The number of aliphatic hydroxyl groups is 1. The third kappa shape index (κ3) is 3.80. The average Bonchev–Trinajstić information content (AvgIpc) is 2.36. The van der Waals surface area contributed by atoms with Crippen molar-refractivity contribution >= 4 is 15.9 Å². The van der Waals surface area contributed by atoms with Crippen LogP contribution in [0.5, 0.6) is 0 Å². The molecule has 0 radical (unpaired) electrons. The first-order valence-electron chi connectivity index (χ1n) is 6.27. The highest BCUT2D eigenvalue weighted by Gasteiger charge is 2.32. The Balaban J connectivity index is 0.000000686. The van der Waals surface area contributed by atoms with Crippen molar-refractivity contribution in [3.05, 3.63) is 34.3 Å². The Morgan fingerprint density at radius 1 is 1.12 bits per heavy atom. The molecule has 1 fully saturated rings. The number of rotatable bonds is 1. The van der Waals surface area contributed by atoms with Crippen LogP contribution >= 0.6 is 15.9 Å². The predicted molar refractivity (Wildman–Crippen MR) is 76.1 cm³/mol. The zero-order valence-corrected chi connectivity index (χ0v) is 12.5. The monoisotopic (exact) mass is 299 g/mol. The number of hydrogen-bond acceptors (Lipinski definition) is 2. The predicted octanol–water partition coefficient (Wildman–Crippen LogP) is 3.39. The summed E-state index contributed by atoms with van der Waals surface area (Å²) in [5.41, 5.74) is 0.423. The Hall–Kier alpha value is -0.380. The van der Waals surface area contributed by atoms with Crippen molar-refractivity contribution in [3.8, 4) is 0 Å². The maximum atomic E-state index is 10.5. The number of nitrogens with zero attached hydrogens (tertiary/aromatic N) is 1. The smallest absolute Gasteiger partial charge is 0.0920 e. The van der Waals surface area contributed by atoms with E-state index in [4.69, 9.17) is 0 Å². The van der Waals surface area contributed by atoms with Crippen molar-refractivity contribution in [2.75, 3.05) is 20.1 Å². The highest BCUT2D eigenvalue weighted by atomic mass is 79.9. The fourth-order valence-electron chi connectivity index (χ4n) is 2.04. The van der Waals surface area contributed by atoms with Crippen molar-refractivity contribution in [3.63, 3.8) is 0 Å². The molecule has 2 nitrogen and oxygen atoms in total. The summed E-state index contributed by atoms with van der Waals surface area (Å²) in [7, 11) is 2.10. The van der Waals surface area contributed by atoms with E-state index in [0.717, 1.165) is 36.0 Å². The van der Waals surface area contributed by atoms with E-state index >= 15 is 0 Å². The second kappa shape index (κ2) is 6.53. The zero-order chi connectivity index (χ0) is 12.9. The van der Waals surface area contributed by atoms with E-state index in [1.54, 1.807) is 0 Å². The summed E-state index contributed by atoms with van der Waals surface area (Å²) in [5.74, 6) is 0. The van der Waals surface area contributed by atoms with E-state index in [0.29, 0.717) is 0 Å². The van der Waals surface area contributed by atoms with Gasteiger partial charge in [-0.3, -0.25) is 0 Å². The van der Waals surface area contributed by atoms with Crippen LogP contribution in [-0.2, 0) is 5.60 Å². The molecule has 0 atom stereocenters. The molecule has 17 heavy (non-hydrogen) atoms. The first-order chi connectivity index (χ1) is 8.10. The summed E-state index contributed by atoms with van der Waals surface area (Å²) in [6.07, 6.45) is 1.65. The molecule has 0 aromatic heterocycles. The topological polar surface area (TPSA) is 23.5 Å². The largest absolute Gasteiger partial charge is 0.385 e. The summed E-state index contributed by atoms with van der Waals surface area (Å²) in [6, 6.07) is 8.00. The van der Waals surface area contributed by atoms with E-state index < -0.39 is 5.60 Å². The molecule has 2 rings (SSSR count). The van der Waals surface area contributed by atoms with Gasteiger partial charge in [0.2, 0.25) is 0 Å². The molecule has 1 saturated heterocycles. The van der Waals surface area contributed by atoms with Gasteiger partial charge in [0.15, 0.2) is 0 Å². The van der Waals surface area contributed by atoms with Gasteiger partial charge >= 0.3 is 0 Å². The van der Waals surface area contributed by atoms with Gasteiger partial charge in [-0.1, -0.05) is 41.9 Å². The number of benzene rings is 1. The van der Waals surface area contributed by atoms with Crippen molar-refractivity contribution < 1.29 is 5.11 Å². The molecule has 1 aromatic carbocycles. The van der Waals surface area contributed by atoms with Gasteiger partial charge in [-0.05, 0) is 37.6 Å². The van der Waals surface area contributed by atoms with Crippen molar-refractivity contribution in [2.45, 2.75) is 32.3 Å². The molecule has 1 aliphatic rings. The Kier molecular flexibility index (Phi) is 5.63. The van der Waals surface area contributed by atoms with E-state index in [-0.39, 0.29) is 0 Å². The zero-order valence-electron chi connectivity index (χ0n) is 10.9. The van der Waals surface area contributed by atoms with Crippen molar-refractivity contribution in [2.24, 2.45) is 0 Å². The molecule has 0 amide bonds. The van der Waals surface area contributed by atoms with Crippen LogP contribution in [0.25, 0.3) is 0 Å². The second-order valence-electron chi connectivity index (χ2n) is 4.34. The average molecular weight is 300 g/mol. The quantitative estimate of drug-likeness (QED) is 0.859. The molecular weight excluding hydrogens is 278 g/mol. The summed E-state index contributed by atoms with van der Waals surface area (Å²) in [5, 5.41) is 10.5. The molecule has 0 spiro atoms. The van der Waals surface area contributed by atoms with Gasteiger partial charge in [-0.25, -0.2) is 0 Å². The van der Waals surface area contributed by atoms with Crippen LogP contribution in [0.15, 0.2) is 28.7 Å². The Morgan fingerprint density at radius 3 is 2.06 bits per heavy atom. The molecule has 0 unspecified atom stereocenters. The molecule has 96 valence electrons. The van der Waals surface area contributed by atoms with Gasteiger partial charge in [-0.2, -0.15) is 0 Å². The fourth-order valence-corrected chi connectivity index (χ4v) is 2.30. The maximum Gasteiger partial charge on any atom is 0.0920 e.